The van der Waals surface area contributed by atoms with Crippen molar-refractivity contribution in [3.63, 3.8) is 0 Å². The molecule has 1 aliphatic rings. The Kier molecular flexibility index (Phi) is 3.38. The molecule has 0 unspecified atom stereocenters. The zero-order chi connectivity index (χ0) is 15.0. The smallest absolute Gasteiger partial charge is 0.240 e. The lowest BCUT2D eigenvalue weighted by Gasteiger charge is -2.27. The van der Waals surface area contributed by atoms with Gasteiger partial charge in [0.15, 0.2) is 14.9 Å². The van der Waals surface area contributed by atoms with Crippen LogP contribution in [0.25, 0.3) is 10.9 Å². The SMILES string of the molecule is CS(=O)(=O)c1ccc2cc(N3CCNCC3=O)ccc2n1. The predicted octanol–water partition coefficient (Wildman–Crippen LogP) is 0.574. The van der Waals surface area contributed by atoms with Gasteiger partial charge >= 0.3 is 0 Å². The molecule has 0 spiro atoms. The number of nitrogens with one attached hydrogen (secondary N) is 1. The molecular formula is C14H15N3O3S. The first-order valence-corrected chi connectivity index (χ1v) is 8.46. The lowest BCUT2D eigenvalue weighted by Crippen LogP contribution is -2.48. The highest BCUT2D eigenvalue weighted by atomic mass is 32.2. The highest BCUT2D eigenvalue weighted by Gasteiger charge is 2.19. The van der Waals surface area contributed by atoms with E-state index in [4.69, 9.17) is 0 Å². The van der Waals surface area contributed by atoms with Gasteiger partial charge in [-0.3, -0.25) is 4.79 Å². The zero-order valence-electron chi connectivity index (χ0n) is 11.5. The van der Waals surface area contributed by atoms with E-state index in [1.165, 1.54) is 6.07 Å². The summed E-state index contributed by atoms with van der Waals surface area (Å²) in [6.07, 6.45) is 1.13. The number of pyridine rings is 1. The molecule has 1 aliphatic heterocycles. The highest BCUT2D eigenvalue weighted by molar-refractivity contribution is 7.90. The van der Waals surface area contributed by atoms with Crippen LogP contribution >= 0.6 is 0 Å². The van der Waals surface area contributed by atoms with Gasteiger partial charge in [-0.05, 0) is 30.3 Å². The standard InChI is InChI=1S/C14H15N3O3S/c1-21(19,20)13-5-2-10-8-11(3-4-12(10)16-13)17-7-6-15-9-14(17)18/h2-5,8,15H,6-7,9H2,1H3. The van der Waals surface area contributed by atoms with Crippen molar-refractivity contribution < 1.29 is 13.2 Å². The number of carbonyl (C=O) groups is 1. The largest absolute Gasteiger partial charge is 0.310 e. The second kappa shape index (κ2) is 5.09. The van der Waals surface area contributed by atoms with E-state index in [0.717, 1.165) is 23.9 Å². The Morgan fingerprint density at radius 1 is 1.24 bits per heavy atom. The van der Waals surface area contributed by atoms with Gasteiger partial charge in [0.2, 0.25) is 5.91 Å². The average molecular weight is 305 g/mol. The molecular weight excluding hydrogens is 290 g/mol. The van der Waals surface area contributed by atoms with E-state index < -0.39 is 9.84 Å². The summed E-state index contributed by atoms with van der Waals surface area (Å²) in [5, 5.41) is 3.89. The summed E-state index contributed by atoms with van der Waals surface area (Å²) in [5.41, 5.74) is 1.41. The topological polar surface area (TPSA) is 79.4 Å². The lowest BCUT2D eigenvalue weighted by atomic mass is 10.1. The van der Waals surface area contributed by atoms with Crippen molar-refractivity contribution >= 4 is 32.3 Å². The molecule has 6 nitrogen and oxygen atoms in total. The number of amides is 1. The summed E-state index contributed by atoms with van der Waals surface area (Å²) in [7, 11) is -3.32. The summed E-state index contributed by atoms with van der Waals surface area (Å²) in [6.45, 7) is 1.72. The van der Waals surface area contributed by atoms with Crippen molar-refractivity contribution in [1.29, 1.82) is 0 Å². The van der Waals surface area contributed by atoms with Gasteiger partial charge in [-0.1, -0.05) is 0 Å². The average Bonchev–Trinajstić information content (AvgIpc) is 2.46. The lowest BCUT2D eigenvalue weighted by molar-refractivity contribution is -0.118. The van der Waals surface area contributed by atoms with E-state index in [2.05, 4.69) is 10.3 Å². The third kappa shape index (κ3) is 2.74. The fourth-order valence-corrected chi connectivity index (χ4v) is 2.93. The Morgan fingerprint density at radius 2 is 2.05 bits per heavy atom. The molecule has 0 aliphatic carbocycles. The second-order valence-corrected chi connectivity index (χ2v) is 6.98. The maximum absolute atomic E-state index is 11.9. The number of benzene rings is 1. The Labute approximate surface area is 122 Å². The molecule has 0 bridgehead atoms. The summed E-state index contributed by atoms with van der Waals surface area (Å²) >= 11 is 0. The van der Waals surface area contributed by atoms with E-state index in [9.17, 15) is 13.2 Å². The molecule has 1 N–H and O–H groups in total. The van der Waals surface area contributed by atoms with Crippen molar-refractivity contribution in [2.75, 3.05) is 30.8 Å². The molecule has 2 heterocycles. The number of nitrogens with zero attached hydrogens (tertiary/aromatic N) is 2. The molecule has 1 aromatic carbocycles. The van der Waals surface area contributed by atoms with Crippen molar-refractivity contribution in [3.8, 4) is 0 Å². The second-order valence-electron chi connectivity index (χ2n) is 5.02. The number of anilines is 1. The van der Waals surface area contributed by atoms with E-state index in [1.54, 1.807) is 23.1 Å². The summed E-state index contributed by atoms with van der Waals surface area (Å²) < 4.78 is 23.0. The number of sulfone groups is 1. The molecule has 21 heavy (non-hydrogen) atoms. The Morgan fingerprint density at radius 3 is 2.76 bits per heavy atom. The number of fused-ring (bicyclic) bond motifs is 1. The molecule has 1 amide bonds. The molecule has 1 fully saturated rings. The van der Waals surface area contributed by atoms with Crippen LogP contribution in [0.4, 0.5) is 5.69 Å². The molecule has 2 aromatic rings. The van der Waals surface area contributed by atoms with E-state index in [-0.39, 0.29) is 10.9 Å². The van der Waals surface area contributed by atoms with Crippen molar-refractivity contribution in [1.82, 2.24) is 10.3 Å². The maximum Gasteiger partial charge on any atom is 0.240 e. The van der Waals surface area contributed by atoms with Gasteiger partial charge < -0.3 is 10.2 Å². The Hall–Kier alpha value is -1.99. The number of piperazine rings is 1. The minimum Gasteiger partial charge on any atom is -0.310 e. The van der Waals surface area contributed by atoms with Crippen LogP contribution in [0.5, 0.6) is 0 Å². The fourth-order valence-electron chi connectivity index (χ4n) is 2.35. The van der Waals surface area contributed by atoms with Crippen LogP contribution in [0.15, 0.2) is 35.4 Å². The van der Waals surface area contributed by atoms with E-state index in [0.29, 0.717) is 18.6 Å². The van der Waals surface area contributed by atoms with Gasteiger partial charge in [-0.15, -0.1) is 0 Å². The number of aromatic nitrogens is 1. The first-order valence-electron chi connectivity index (χ1n) is 6.57. The van der Waals surface area contributed by atoms with E-state index >= 15 is 0 Å². The van der Waals surface area contributed by atoms with Crippen LogP contribution in [-0.4, -0.2) is 45.2 Å². The molecule has 110 valence electrons. The zero-order valence-corrected chi connectivity index (χ0v) is 12.4. The third-order valence-electron chi connectivity index (χ3n) is 3.43. The minimum atomic E-state index is -3.32. The molecule has 0 atom stereocenters. The maximum atomic E-state index is 11.9. The van der Waals surface area contributed by atoms with Crippen molar-refractivity contribution in [3.05, 3.63) is 30.3 Å². The predicted molar refractivity (Wildman–Crippen MR) is 80.1 cm³/mol. The third-order valence-corrected chi connectivity index (χ3v) is 4.42. The first kappa shape index (κ1) is 14.0. The van der Waals surface area contributed by atoms with Gasteiger partial charge in [0.25, 0.3) is 0 Å². The molecule has 7 heteroatoms. The number of carbonyl (C=O) groups excluding carboxylic acids is 1. The molecule has 0 saturated carbocycles. The number of hydrogen-bond donors (Lipinski definition) is 1. The Bertz CT molecular complexity index is 817. The van der Waals surface area contributed by atoms with Gasteiger partial charge in [0, 0.05) is 30.4 Å². The van der Waals surface area contributed by atoms with Crippen LogP contribution in [0.3, 0.4) is 0 Å². The molecule has 1 aromatic heterocycles. The van der Waals surface area contributed by atoms with Crippen LogP contribution in [0.1, 0.15) is 0 Å². The fraction of sp³-hybridized carbons (Fsp3) is 0.286. The molecule has 0 radical (unpaired) electrons. The van der Waals surface area contributed by atoms with Gasteiger partial charge in [-0.2, -0.15) is 0 Å². The number of hydrogen-bond acceptors (Lipinski definition) is 5. The van der Waals surface area contributed by atoms with Crippen molar-refractivity contribution in [2.45, 2.75) is 5.03 Å². The van der Waals surface area contributed by atoms with Crippen LogP contribution in [0.2, 0.25) is 0 Å². The first-order chi connectivity index (χ1) is 9.95. The van der Waals surface area contributed by atoms with E-state index in [1.807, 2.05) is 6.07 Å². The van der Waals surface area contributed by atoms with Crippen LogP contribution < -0.4 is 10.2 Å². The van der Waals surface area contributed by atoms with Gasteiger partial charge in [0.05, 0.1) is 12.1 Å². The molecule has 1 saturated heterocycles. The monoisotopic (exact) mass is 305 g/mol. The quantitative estimate of drug-likeness (QED) is 0.878. The van der Waals surface area contributed by atoms with Crippen LogP contribution in [0, 0.1) is 0 Å². The summed E-state index contributed by atoms with van der Waals surface area (Å²) in [5.74, 6) is 0.0290. The minimum absolute atomic E-state index is 0.0290. The summed E-state index contributed by atoms with van der Waals surface area (Å²) in [4.78, 5) is 17.8. The number of rotatable bonds is 2. The molecule has 3 rings (SSSR count). The summed E-state index contributed by atoms with van der Waals surface area (Å²) in [6, 6.07) is 8.60. The normalized spacial score (nSPS) is 16.4. The highest BCUT2D eigenvalue weighted by Crippen LogP contribution is 2.23. The van der Waals surface area contributed by atoms with Gasteiger partial charge in [0.1, 0.15) is 0 Å². The Balaban J connectivity index is 2.03. The van der Waals surface area contributed by atoms with Crippen LogP contribution in [-0.2, 0) is 14.6 Å². The van der Waals surface area contributed by atoms with Gasteiger partial charge in [-0.25, -0.2) is 13.4 Å². The van der Waals surface area contributed by atoms with Crippen molar-refractivity contribution in [2.24, 2.45) is 0 Å².